The lowest BCUT2D eigenvalue weighted by molar-refractivity contribution is -0.157. The third-order valence-corrected chi connectivity index (χ3v) is 8.18. The summed E-state index contributed by atoms with van der Waals surface area (Å²) in [6.07, 6.45) is -1.23. The number of benzene rings is 2. The van der Waals surface area contributed by atoms with Crippen LogP contribution in [0.3, 0.4) is 0 Å². The number of esters is 1. The Labute approximate surface area is 235 Å². The Balaban J connectivity index is 1.35. The molecule has 0 unspecified atom stereocenters. The first-order valence-electron chi connectivity index (χ1n) is 12.9. The van der Waals surface area contributed by atoms with Gasteiger partial charge < -0.3 is 15.0 Å². The van der Waals surface area contributed by atoms with Crippen molar-refractivity contribution in [2.75, 3.05) is 10.2 Å². The Morgan fingerprint density at radius 2 is 1.68 bits per heavy atom. The molecular formula is C30H30N4O5S. The number of nitrogens with one attached hydrogen (secondary N) is 1. The summed E-state index contributed by atoms with van der Waals surface area (Å²) in [6, 6.07) is 19.9. The maximum atomic E-state index is 13.4. The predicted molar refractivity (Wildman–Crippen MR) is 154 cm³/mol. The molecule has 0 bridgehead atoms. The van der Waals surface area contributed by atoms with Crippen LogP contribution in [0.2, 0.25) is 0 Å². The van der Waals surface area contributed by atoms with Gasteiger partial charge in [0, 0.05) is 24.0 Å². The van der Waals surface area contributed by atoms with Crippen molar-refractivity contribution in [3.05, 3.63) is 98.6 Å². The lowest BCUT2D eigenvalue weighted by Gasteiger charge is -2.27. The number of hydrogen-bond donors (Lipinski definition) is 1. The van der Waals surface area contributed by atoms with Crippen molar-refractivity contribution < 1.29 is 19.1 Å². The molecule has 0 spiro atoms. The Morgan fingerprint density at radius 3 is 2.33 bits per heavy atom. The molecule has 1 fully saturated rings. The minimum atomic E-state index is -1.19. The van der Waals surface area contributed by atoms with Gasteiger partial charge >= 0.3 is 5.97 Å². The molecule has 5 rings (SSSR count). The Bertz CT molecular complexity index is 1610. The van der Waals surface area contributed by atoms with Crippen LogP contribution in [0.5, 0.6) is 0 Å². The largest absolute Gasteiger partial charge is 0.452 e. The first-order valence-corrected chi connectivity index (χ1v) is 13.8. The summed E-state index contributed by atoms with van der Waals surface area (Å²) in [4.78, 5) is 55.4. The molecule has 0 aliphatic carbocycles. The Kier molecular flexibility index (Phi) is 7.44. The van der Waals surface area contributed by atoms with Gasteiger partial charge in [0.15, 0.2) is 6.10 Å². The van der Waals surface area contributed by atoms with Gasteiger partial charge in [-0.15, -0.1) is 11.3 Å². The minimum absolute atomic E-state index is 0.0385. The fourth-order valence-corrected chi connectivity index (χ4v) is 5.87. The van der Waals surface area contributed by atoms with Crippen molar-refractivity contribution in [3.63, 3.8) is 0 Å². The number of amides is 2. The van der Waals surface area contributed by atoms with Gasteiger partial charge in [0.05, 0.1) is 23.3 Å². The lowest BCUT2D eigenvalue weighted by atomic mass is 9.98. The zero-order chi connectivity index (χ0) is 28.6. The van der Waals surface area contributed by atoms with E-state index in [1.165, 1.54) is 22.9 Å². The molecule has 4 aromatic rings. The molecule has 2 aromatic heterocycles. The van der Waals surface area contributed by atoms with E-state index in [-0.39, 0.29) is 18.0 Å². The standard InChI is InChI=1S/C30H30N4O5S/c1-18-12-14-21(15-13-18)33-25(35)17-23(27(33)24-11-8-16-40-24)30(38)39-20(3)28(36)31-26-19(2)32(4)34(29(26)37)22-9-6-5-7-10-22/h5-16,20,23,27H,17H2,1-4H3,(H,31,36)/t20-,23-,27+/m0/s1. The van der Waals surface area contributed by atoms with Crippen LogP contribution in [0.1, 0.15) is 35.5 Å². The highest BCUT2D eigenvalue weighted by Crippen LogP contribution is 2.43. The van der Waals surface area contributed by atoms with Gasteiger partial charge in [-0.3, -0.25) is 23.9 Å². The zero-order valence-electron chi connectivity index (χ0n) is 22.7. The van der Waals surface area contributed by atoms with Gasteiger partial charge in [-0.2, -0.15) is 0 Å². The molecule has 0 radical (unpaired) electrons. The third kappa shape index (κ3) is 4.98. The van der Waals surface area contributed by atoms with Crippen LogP contribution in [0.15, 0.2) is 76.9 Å². The van der Waals surface area contributed by atoms with E-state index in [1.54, 1.807) is 35.7 Å². The van der Waals surface area contributed by atoms with E-state index in [0.717, 1.165) is 10.4 Å². The second kappa shape index (κ2) is 11.0. The fourth-order valence-electron chi connectivity index (χ4n) is 4.99. The SMILES string of the molecule is Cc1ccc(N2C(=O)C[C@H](C(=O)O[C@@H](C)C(=O)Nc3c(C)n(C)n(-c4ccccc4)c3=O)[C@@H]2c2cccs2)cc1. The van der Waals surface area contributed by atoms with Crippen molar-refractivity contribution >= 4 is 40.5 Å². The highest BCUT2D eigenvalue weighted by Gasteiger charge is 2.47. The predicted octanol–water partition coefficient (Wildman–Crippen LogP) is 4.52. The monoisotopic (exact) mass is 558 g/mol. The molecule has 1 N–H and O–H groups in total. The topological polar surface area (TPSA) is 103 Å². The van der Waals surface area contributed by atoms with Gasteiger partial charge in [0.1, 0.15) is 5.69 Å². The molecule has 1 aliphatic heterocycles. The number of rotatable bonds is 7. The van der Waals surface area contributed by atoms with Crippen molar-refractivity contribution in [2.24, 2.45) is 13.0 Å². The average Bonchev–Trinajstić information content (AvgIpc) is 3.64. The zero-order valence-corrected chi connectivity index (χ0v) is 23.5. The molecule has 9 nitrogen and oxygen atoms in total. The maximum Gasteiger partial charge on any atom is 0.312 e. The number of aryl methyl sites for hydroxylation is 1. The second-order valence-corrected chi connectivity index (χ2v) is 10.9. The van der Waals surface area contributed by atoms with E-state index in [2.05, 4.69) is 5.32 Å². The number of carbonyl (C=O) groups is 3. The van der Waals surface area contributed by atoms with Crippen LogP contribution in [0, 0.1) is 19.8 Å². The van der Waals surface area contributed by atoms with Crippen LogP contribution in [-0.4, -0.2) is 33.3 Å². The Hall–Kier alpha value is -4.44. The summed E-state index contributed by atoms with van der Waals surface area (Å²) < 4.78 is 8.72. The van der Waals surface area contributed by atoms with E-state index in [0.29, 0.717) is 17.1 Å². The van der Waals surface area contributed by atoms with Crippen LogP contribution in [-0.2, 0) is 26.2 Å². The summed E-state index contributed by atoms with van der Waals surface area (Å²) in [5.74, 6) is -2.26. The van der Waals surface area contributed by atoms with Crippen LogP contribution in [0.25, 0.3) is 5.69 Å². The molecule has 1 aliphatic rings. The first kappa shape index (κ1) is 27.1. The van der Waals surface area contributed by atoms with Crippen LogP contribution >= 0.6 is 11.3 Å². The molecule has 2 aromatic carbocycles. The van der Waals surface area contributed by atoms with E-state index < -0.39 is 35.5 Å². The van der Waals surface area contributed by atoms with Gasteiger partial charge in [-0.1, -0.05) is 42.0 Å². The highest BCUT2D eigenvalue weighted by molar-refractivity contribution is 7.10. The number of ether oxygens (including phenoxy) is 1. The molecule has 3 atom stereocenters. The highest BCUT2D eigenvalue weighted by atomic mass is 32.1. The normalized spacial score (nSPS) is 17.6. The molecule has 3 heterocycles. The summed E-state index contributed by atoms with van der Waals surface area (Å²) in [5.41, 5.74) is 2.67. The minimum Gasteiger partial charge on any atom is -0.452 e. The number of carbonyl (C=O) groups excluding carboxylic acids is 3. The molecule has 10 heteroatoms. The molecular weight excluding hydrogens is 528 g/mol. The van der Waals surface area contributed by atoms with Crippen molar-refractivity contribution in [2.45, 2.75) is 39.3 Å². The van der Waals surface area contributed by atoms with Gasteiger partial charge in [0.2, 0.25) is 5.91 Å². The molecule has 2 amide bonds. The number of para-hydroxylation sites is 1. The number of thiophene rings is 1. The van der Waals surface area contributed by atoms with Crippen molar-refractivity contribution in [1.29, 1.82) is 0 Å². The summed E-state index contributed by atoms with van der Waals surface area (Å²) in [5, 5.41) is 4.54. The number of anilines is 2. The van der Waals surface area contributed by atoms with E-state index in [4.69, 9.17) is 4.74 Å². The van der Waals surface area contributed by atoms with Crippen molar-refractivity contribution in [3.8, 4) is 5.69 Å². The van der Waals surface area contributed by atoms with E-state index in [1.807, 2.05) is 66.9 Å². The van der Waals surface area contributed by atoms with Crippen LogP contribution < -0.4 is 15.8 Å². The second-order valence-electron chi connectivity index (χ2n) is 9.88. The number of aromatic nitrogens is 2. The number of nitrogens with zero attached hydrogens (tertiary/aromatic N) is 3. The Morgan fingerprint density at radius 1 is 0.975 bits per heavy atom. The van der Waals surface area contributed by atoms with Crippen molar-refractivity contribution in [1.82, 2.24) is 9.36 Å². The molecule has 1 saturated heterocycles. The van der Waals surface area contributed by atoms with Crippen LogP contribution in [0.4, 0.5) is 11.4 Å². The van der Waals surface area contributed by atoms with Gasteiger partial charge in [-0.05, 0) is 56.5 Å². The smallest absolute Gasteiger partial charge is 0.312 e. The van der Waals surface area contributed by atoms with Gasteiger partial charge in [-0.25, -0.2) is 4.68 Å². The molecule has 206 valence electrons. The average molecular weight is 559 g/mol. The van der Waals surface area contributed by atoms with Gasteiger partial charge in [0.25, 0.3) is 11.5 Å². The molecule has 0 saturated carbocycles. The van der Waals surface area contributed by atoms with E-state index >= 15 is 0 Å². The fraction of sp³-hybridized carbons (Fsp3) is 0.267. The molecule has 40 heavy (non-hydrogen) atoms. The quantitative estimate of drug-likeness (QED) is 0.336. The third-order valence-electron chi connectivity index (χ3n) is 7.24. The van der Waals surface area contributed by atoms with E-state index in [9.17, 15) is 19.2 Å². The number of hydrogen-bond acceptors (Lipinski definition) is 6. The summed E-state index contributed by atoms with van der Waals surface area (Å²) in [6.45, 7) is 5.14. The maximum absolute atomic E-state index is 13.4. The summed E-state index contributed by atoms with van der Waals surface area (Å²) in [7, 11) is 1.73. The summed E-state index contributed by atoms with van der Waals surface area (Å²) >= 11 is 1.46. The lowest BCUT2D eigenvalue weighted by Crippen LogP contribution is -2.35. The first-order chi connectivity index (χ1) is 19.2.